The molecule has 76 valence electrons. The first kappa shape index (κ1) is 9.05. The zero-order chi connectivity index (χ0) is 10.1. The number of aryl methyl sites for hydroxylation is 1. The summed E-state index contributed by atoms with van der Waals surface area (Å²) in [6.45, 7) is 0.757. The van der Waals surface area contributed by atoms with E-state index in [1.54, 1.807) is 7.05 Å². The van der Waals surface area contributed by atoms with Crippen LogP contribution in [0.2, 0.25) is 0 Å². The molecule has 3 N–H and O–H groups in total. The lowest BCUT2D eigenvalue weighted by Crippen LogP contribution is -2.26. The van der Waals surface area contributed by atoms with Gasteiger partial charge in [0.1, 0.15) is 11.4 Å². The van der Waals surface area contributed by atoms with Crippen molar-refractivity contribution < 1.29 is 4.79 Å². The minimum Gasteiger partial charge on any atom is -0.383 e. The molecule has 0 aromatic carbocycles. The summed E-state index contributed by atoms with van der Waals surface area (Å²) in [5.41, 5.74) is 6.13. The molecule has 1 aliphatic rings. The largest absolute Gasteiger partial charge is 0.383 e. The summed E-state index contributed by atoms with van der Waals surface area (Å²) < 4.78 is 1.49. The van der Waals surface area contributed by atoms with Crippen LogP contribution < -0.4 is 11.1 Å². The van der Waals surface area contributed by atoms with Gasteiger partial charge in [0.15, 0.2) is 0 Å². The second kappa shape index (κ2) is 3.32. The Morgan fingerprint density at radius 3 is 3.00 bits per heavy atom. The number of aromatic nitrogens is 2. The van der Waals surface area contributed by atoms with Crippen LogP contribution in [0.25, 0.3) is 0 Å². The molecule has 0 atom stereocenters. The van der Waals surface area contributed by atoms with Crippen LogP contribution in [-0.4, -0.2) is 22.2 Å². The fourth-order valence-electron chi connectivity index (χ4n) is 1.28. The van der Waals surface area contributed by atoms with Crippen molar-refractivity contribution >= 4 is 11.7 Å². The number of anilines is 1. The molecule has 5 heteroatoms. The fraction of sp³-hybridized carbons (Fsp3) is 0.556. The Hall–Kier alpha value is -1.52. The molecule has 0 unspecified atom stereocenters. The van der Waals surface area contributed by atoms with E-state index in [1.807, 2.05) is 0 Å². The Morgan fingerprint density at radius 1 is 1.79 bits per heavy atom. The van der Waals surface area contributed by atoms with Gasteiger partial charge in [-0.25, -0.2) is 0 Å². The van der Waals surface area contributed by atoms with Gasteiger partial charge in [0, 0.05) is 13.6 Å². The van der Waals surface area contributed by atoms with Gasteiger partial charge in [-0.15, -0.1) is 0 Å². The van der Waals surface area contributed by atoms with E-state index in [9.17, 15) is 4.79 Å². The zero-order valence-corrected chi connectivity index (χ0v) is 8.16. The van der Waals surface area contributed by atoms with E-state index in [-0.39, 0.29) is 5.91 Å². The summed E-state index contributed by atoms with van der Waals surface area (Å²) in [5, 5.41) is 6.75. The Morgan fingerprint density at radius 2 is 2.50 bits per heavy atom. The number of amides is 1. The summed E-state index contributed by atoms with van der Waals surface area (Å²) >= 11 is 0. The van der Waals surface area contributed by atoms with Crippen molar-refractivity contribution in [1.82, 2.24) is 15.1 Å². The number of nitrogens with zero attached hydrogens (tertiary/aromatic N) is 2. The van der Waals surface area contributed by atoms with Crippen LogP contribution in [0.4, 0.5) is 5.82 Å². The van der Waals surface area contributed by atoms with Crippen LogP contribution in [0.3, 0.4) is 0 Å². The van der Waals surface area contributed by atoms with Crippen molar-refractivity contribution in [2.75, 3.05) is 12.3 Å². The highest BCUT2D eigenvalue weighted by Gasteiger charge is 2.22. The van der Waals surface area contributed by atoms with Gasteiger partial charge in [-0.05, 0) is 18.8 Å². The number of nitrogen functional groups attached to an aromatic ring is 1. The molecule has 0 bridgehead atoms. The zero-order valence-electron chi connectivity index (χ0n) is 8.16. The molecule has 1 aromatic heterocycles. The molecule has 1 aliphatic carbocycles. The van der Waals surface area contributed by atoms with Gasteiger partial charge in [-0.3, -0.25) is 9.48 Å². The number of hydrogen-bond donors (Lipinski definition) is 2. The van der Waals surface area contributed by atoms with E-state index in [1.165, 1.54) is 23.7 Å². The molecule has 5 nitrogen and oxygen atoms in total. The molecule has 1 aromatic rings. The van der Waals surface area contributed by atoms with E-state index < -0.39 is 0 Å². The predicted octanol–water partition coefficient (Wildman–Crippen LogP) is 0.142. The van der Waals surface area contributed by atoms with Crippen molar-refractivity contribution in [3.63, 3.8) is 0 Å². The number of hydrogen-bond acceptors (Lipinski definition) is 3. The third kappa shape index (κ3) is 1.71. The maximum absolute atomic E-state index is 11.6. The van der Waals surface area contributed by atoms with Crippen molar-refractivity contribution in [3.05, 3.63) is 11.8 Å². The van der Waals surface area contributed by atoms with E-state index in [0.29, 0.717) is 17.3 Å². The molecule has 1 saturated carbocycles. The summed E-state index contributed by atoms with van der Waals surface area (Å²) in [6.07, 6.45) is 3.95. The smallest absolute Gasteiger partial charge is 0.256 e. The van der Waals surface area contributed by atoms with Gasteiger partial charge >= 0.3 is 0 Å². The third-order valence-corrected chi connectivity index (χ3v) is 2.48. The van der Waals surface area contributed by atoms with Crippen LogP contribution in [-0.2, 0) is 7.05 Å². The van der Waals surface area contributed by atoms with Crippen LogP contribution in [0, 0.1) is 5.92 Å². The molecule has 0 aliphatic heterocycles. The van der Waals surface area contributed by atoms with Crippen LogP contribution in [0.5, 0.6) is 0 Å². The van der Waals surface area contributed by atoms with E-state index in [0.717, 1.165) is 6.54 Å². The van der Waals surface area contributed by atoms with Gasteiger partial charge in [0.2, 0.25) is 0 Å². The van der Waals surface area contributed by atoms with Crippen LogP contribution in [0.1, 0.15) is 23.2 Å². The molecule has 1 amide bonds. The fourth-order valence-corrected chi connectivity index (χ4v) is 1.28. The average molecular weight is 194 g/mol. The number of carbonyl (C=O) groups is 1. The first-order valence-corrected chi connectivity index (χ1v) is 4.74. The predicted molar refractivity (Wildman–Crippen MR) is 52.7 cm³/mol. The van der Waals surface area contributed by atoms with Crippen molar-refractivity contribution in [2.45, 2.75) is 12.8 Å². The maximum Gasteiger partial charge on any atom is 0.256 e. The molecule has 0 spiro atoms. The summed E-state index contributed by atoms with van der Waals surface area (Å²) in [4.78, 5) is 11.6. The second-order valence-corrected chi connectivity index (χ2v) is 3.72. The minimum atomic E-state index is -0.123. The monoisotopic (exact) mass is 194 g/mol. The number of rotatable bonds is 3. The van der Waals surface area contributed by atoms with Gasteiger partial charge in [0.05, 0.1) is 6.20 Å². The Kier molecular flexibility index (Phi) is 2.15. The Labute approximate surface area is 82.3 Å². The highest BCUT2D eigenvalue weighted by Crippen LogP contribution is 2.27. The van der Waals surface area contributed by atoms with Gasteiger partial charge in [-0.1, -0.05) is 0 Å². The lowest BCUT2D eigenvalue weighted by molar-refractivity contribution is 0.0952. The lowest BCUT2D eigenvalue weighted by atomic mass is 10.3. The normalized spacial score (nSPS) is 15.5. The molecule has 0 saturated heterocycles. The standard InChI is InChI=1S/C9H14N4O/c1-13-8(10)7(5-12-13)9(14)11-4-6-2-3-6/h5-6H,2-4,10H2,1H3,(H,11,14). The van der Waals surface area contributed by atoms with E-state index in [2.05, 4.69) is 10.4 Å². The minimum absolute atomic E-state index is 0.123. The maximum atomic E-state index is 11.6. The average Bonchev–Trinajstić information content (AvgIpc) is 2.92. The van der Waals surface area contributed by atoms with Crippen molar-refractivity contribution in [3.8, 4) is 0 Å². The Bertz CT molecular complexity index is 354. The third-order valence-electron chi connectivity index (χ3n) is 2.48. The molecular weight excluding hydrogens is 180 g/mol. The topological polar surface area (TPSA) is 72.9 Å². The van der Waals surface area contributed by atoms with Crippen molar-refractivity contribution in [2.24, 2.45) is 13.0 Å². The highest BCUT2D eigenvalue weighted by atomic mass is 16.1. The molecule has 0 radical (unpaired) electrons. The SMILES string of the molecule is Cn1ncc(C(=O)NCC2CC2)c1N. The van der Waals surface area contributed by atoms with E-state index in [4.69, 9.17) is 5.73 Å². The first-order valence-electron chi connectivity index (χ1n) is 4.74. The number of nitrogens with one attached hydrogen (secondary N) is 1. The second-order valence-electron chi connectivity index (χ2n) is 3.72. The van der Waals surface area contributed by atoms with Gasteiger partial charge < -0.3 is 11.1 Å². The van der Waals surface area contributed by atoms with Gasteiger partial charge in [-0.2, -0.15) is 5.10 Å². The molecule has 14 heavy (non-hydrogen) atoms. The molecule has 1 heterocycles. The Balaban J connectivity index is 1.98. The quantitative estimate of drug-likeness (QED) is 0.719. The lowest BCUT2D eigenvalue weighted by Gasteiger charge is -2.02. The summed E-state index contributed by atoms with van der Waals surface area (Å²) in [6, 6.07) is 0. The van der Waals surface area contributed by atoms with Crippen LogP contribution in [0.15, 0.2) is 6.20 Å². The summed E-state index contributed by atoms with van der Waals surface area (Å²) in [5.74, 6) is 0.970. The first-order chi connectivity index (χ1) is 6.68. The van der Waals surface area contributed by atoms with E-state index >= 15 is 0 Å². The molecule has 2 rings (SSSR count). The summed E-state index contributed by atoms with van der Waals surface area (Å²) in [7, 11) is 1.72. The van der Waals surface area contributed by atoms with Gasteiger partial charge in [0.25, 0.3) is 5.91 Å². The molecule has 1 fully saturated rings. The van der Waals surface area contributed by atoms with Crippen LogP contribution >= 0.6 is 0 Å². The van der Waals surface area contributed by atoms with Crippen molar-refractivity contribution in [1.29, 1.82) is 0 Å². The number of nitrogens with two attached hydrogens (primary N) is 1. The highest BCUT2D eigenvalue weighted by molar-refractivity contribution is 5.98. The molecular formula is C9H14N4O. The number of carbonyl (C=O) groups excluding carboxylic acids is 1.